The summed E-state index contributed by atoms with van der Waals surface area (Å²) in [7, 11) is 0. The maximum Gasteiger partial charge on any atom is 0.254 e. The van der Waals surface area contributed by atoms with Crippen molar-refractivity contribution in [3.05, 3.63) is 83.2 Å². The molecule has 2 aliphatic rings. The van der Waals surface area contributed by atoms with Crippen LogP contribution in [-0.4, -0.2) is 53.2 Å². The van der Waals surface area contributed by atoms with Gasteiger partial charge in [0.05, 0.1) is 0 Å². The van der Waals surface area contributed by atoms with Crippen molar-refractivity contribution in [2.75, 3.05) is 26.2 Å². The van der Waals surface area contributed by atoms with Crippen LogP contribution < -0.4 is 0 Å². The van der Waals surface area contributed by atoms with E-state index in [-0.39, 0.29) is 11.7 Å². The number of carbonyl (C=O) groups is 1. The van der Waals surface area contributed by atoms with Gasteiger partial charge in [-0.1, -0.05) is 55.8 Å². The van der Waals surface area contributed by atoms with E-state index in [4.69, 9.17) is 0 Å². The summed E-state index contributed by atoms with van der Waals surface area (Å²) in [5, 5.41) is 1.82. The van der Waals surface area contributed by atoms with Gasteiger partial charge in [-0.2, -0.15) is 0 Å². The molecule has 3 aromatic carbocycles. The van der Waals surface area contributed by atoms with E-state index in [1.165, 1.54) is 22.1 Å². The molecule has 2 saturated heterocycles. The van der Waals surface area contributed by atoms with Gasteiger partial charge in [-0.3, -0.25) is 9.69 Å². The molecule has 0 bridgehead atoms. The first kappa shape index (κ1) is 26.0. The van der Waals surface area contributed by atoms with E-state index in [0.717, 1.165) is 51.9 Å². The van der Waals surface area contributed by atoms with Crippen molar-refractivity contribution in [2.45, 2.75) is 62.6 Å². The number of thioether (sulfide) groups is 1. The first-order chi connectivity index (χ1) is 17.9. The average molecular weight is 517 g/mol. The number of likely N-dealkylation sites (tertiary alicyclic amines) is 2. The molecule has 0 saturated carbocycles. The summed E-state index contributed by atoms with van der Waals surface area (Å²) in [5.41, 5.74) is 4.97. The summed E-state index contributed by atoms with van der Waals surface area (Å²) in [5.74, 6) is -0.256. The molecule has 5 rings (SSSR count). The Balaban J connectivity index is 1.17. The Labute approximate surface area is 224 Å². The van der Waals surface area contributed by atoms with Crippen LogP contribution in [0.4, 0.5) is 4.39 Å². The Hall–Kier alpha value is -2.63. The minimum absolute atomic E-state index is 0.0203. The van der Waals surface area contributed by atoms with E-state index in [9.17, 15) is 9.18 Å². The Kier molecular flexibility index (Phi) is 8.01. The predicted molar refractivity (Wildman–Crippen MR) is 154 cm³/mol. The lowest BCUT2D eigenvalue weighted by atomic mass is 9.92. The zero-order chi connectivity index (χ0) is 25.9. The van der Waals surface area contributed by atoms with Gasteiger partial charge in [0, 0.05) is 53.3 Å². The molecule has 0 N–H and O–H groups in total. The molecule has 0 unspecified atom stereocenters. The molecule has 3 nitrogen and oxygen atoms in total. The van der Waals surface area contributed by atoms with Crippen LogP contribution in [0.5, 0.6) is 0 Å². The molecule has 0 aromatic heterocycles. The average Bonchev–Trinajstić information content (AvgIpc) is 2.93. The number of carbonyl (C=O) groups excluding carboxylic acids is 1. The monoisotopic (exact) mass is 516 g/mol. The number of amides is 1. The molecule has 0 aliphatic carbocycles. The fourth-order valence-corrected chi connectivity index (χ4v) is 6.68. The number of fused-ring (bicyclic) bond motifs is 1. The van der Waals surface area contributed by atoms with E-state index < -0.39 is 0 Å². The first-order valence-electron chi connectivity index (χ1n) is 13.6. The molecular formula is C32H37FN2OS. The molecular weight excluding hydrogens is 479 g/mol. The zero-order valence-corrected chi connectivity index (χ0v) is 23.0. The molecule has 0 spiro atoms. The minimum Gasteiger partial charge on any atom is -0.339 e. The second-order valence-electron chi connectivity index (χ2n) is 10.6. The minimum atomic E-state index is -0.276. The maximum atomic E-state index is 14.2. The number of piperidine rings is 2. The van der Waals surface area contributed by atoms with Crippen LogP contribution >= 0.6 is 11.8 Å². The first-order valence-corrected chi connectivity index (χ1v) is 14.4. The third-order valence-electron chi connectivity index (χ3n) is 7.96. The van der Waals surface area contributed by atoms with E-state index in [0.29, 0.717) is 27.6 Å². The zero-order valence-electron chi connectivity index (χ0n) is 22.2. The third-order valence-corrected chi connectivity index (χ3v) is 8.98. The van der Waals surface area contributed by atoms with Crippen molar-refractivity contribution in [3.8, 4) is 0 Å². The highest BCUT2D eigenvalue weighted by Crippen LogP contribution is 2.31. The lowest BCUT2D eigenvalue weighted by Crippen LogP contribution is -2.48. The Morgan fingerprint density at radius 1 is 0.892 bits per heavy atom. The fraction of sp³-hybridized carbons (Fsp3) is 0.406. The summed E-state index contributed by atoms with van der Waals surface area (Å²) in [6.45, 7) is 10.4. The van der Waals surface area contributed by atoms with Crippen molar-refractivity contribution < 1.29 is 9.18 Å². The second kappa shape index (κ2) is 11.4. The predicted octanol–water partition coefficient (Wildman–Crippen LogP) is 7.65. The highest BCUT2D eigenvalue weighted by molar-refractivity contribution is 7.99. The summed E-state index contributed by atoms with van der Waals surface area (Å²) in [6.07, 6.45) is 4.24. The SMILES string of the molecule is CC(=C1CCN(C2CCN(C(=O)c3ccc(F)c4ccccc34)CC2)CC1)c1ccc(SC(C)C)cc1. The van der Waals surface area contributed by atoms with Crippen LogP contribution in [0, 0.1) is 5.82 Å². The standard InChI is InChI=1S/C32H37FN2OS/c1-22(2)37-27-10-8-24(9-11-27)23(3)25-14-18-34(19-15-25)26-16-20-35(21-17-26)32(36)30-12-13-31(33)29-7-5-4-6-28(29)30/h4-13,22,26H,14-21H2,1-3H3. The number of allylic oxidation sites excluding steroid dienone is 1. The van der Waals surface area contributed by atoms with Crippen LogP contribution in [0.3, 0.4) is 0 Å². The number of nitrogens with zero attached hydrogens (tertiary/aromatic N) is 2. The maximum absolute atomic E-state index is 14.2. The van der Waals surface area contributed by atoms with Gasteiger partial charge in [0.15, 0.2) is 0 Å². The van der Waals surface area contributed by atoms with E-state index in [1.807, 2.05) is 34.9 Å². The number of rotatable bonds is 5. The summed E-state index contributed by atoms with van der Waals surface area (Å²) >= 11 is 1.91. The highest BCUT2D eigenvalue weighted by atomic mass is 32.2. The van der Waals surface area contributed by atoms with Gasteiger partial charge in [0.2, 0.25) is 0 Å². The van der Waals surface area contributed by atoms with E-state index in [1.54, 1.807) is 17.7 Å². The Bertz CT molecular complexity index is 1280. The lowest BCUT2D eigenvalue weighted by molar-refractivity contribution is 0.0610. The number of halogens is 1. The number of benzene rings is 3. The molecule has 194 valence electrons. The van der Waals surface area contributed by atoms with Gasteiger partial charge in [0.25, 0.3) is 5.91 Å². The lowest BCUT2D eigenvalue weighted by Gasteiger charge is -2.41. The van der Waals surface area contributed by atoms with Gasteiger partial charge in [-0.15, -0.1) is 11.8 Å². The van der Waals surface area contributed by atoms with Gasteiger partial charge in [0.1, 0.15) is 5.82 Å². The van der Waals surface area contributed by atoms with Gasteiger partial charge >= 0.3 is 0 Å². The molecule has 2 aliphatic heterocycles. The van der Waals surface area contributed by atoms with Crippen molar-refractivity contribution >= 4 is 34.0 Å². The van der Waals surface area contributed by atoms with Crippen LogP contribution in [0.25, 0.3) is 16.3 Å². The smallest absolute Gasteiger partial charge is 0.254 e. The van der Waals surface area contributed by atoms with Crippen molar-refractivity contribution in [1.82, 2.24) is 9.80 Å². The van der Waals surface area contributed by atoms with Gasteiger partial charge in [-0.05, 0) is 73.4 Å². The van der Waals surface area contributed by atoms with Gasteiger partial charge in [-0.25, -0.2) is 4.39 Å². The molecule has 2 fully saturated rings. The molecule has 37 heavy (non-hydrogen) atoms. The van der Waals surface area contributed by atoms with Crippen LogP contribution in [0.1, 0.15) is 62.4 Å². The third kappa shape index (κ3) is 5.78. The molecule has 1 amide bonds. The summed E-state index contributed by atoms with van der Waals surface area (Å²) in [6, 6.07) is 19.9. The van der Waals surface area contributed by atoms with Crippen LogP contribution in [0.2, 0.25) is 0 Å². The van der Waals surface area contributed by atoms with E-state index >= 15 is 0 Å². The van der Waals surface area contributed by atoms with Crippen molar-refractivity contribution in [1.29, 1.82) is 0 Å². The molecule has 2 heterocycles. The largest absolute Gasteiger partial charge is 0.339 e. The highest BCUT2D eigenvalue weighted by Gasteiger charge is 2.29. The van der Waals surface area contributed by atoms with Gasteiger partial charge < -0.3 is 4.90 Å². The fourth-order valence-electron chi connectivity index (χ4n) is 5.85. The van der Waals surface area contributed by atoms with Crippen molar-refractivity contribution in [3.63, 3.8) is 0 Å². The second-order valence-corrected chi connectivity index (χ2v) is 12.3. The van der Waals surface area contributed by atoms with E-state index in [2.05, 4.69) is 49.9 Å². The van der Waals surface area contributed by atoms with Crippen LogP contribution in [-0.2, 0) is 0 Å². The number of hydrogen-bond acceptors (Lipinski definition) is 3. The molecule has 0 radical (unpaired) electrons. The van der Waals surface area contributed by atoms with Crippen molar-refractivity contribution in [2.24, 2.45) is 0 Å². The molecule has 3 aromatic rings. The Morgan fingerprint density at radius 2 is 1.54 bits per heavy atom. The topological polar surface area (TPSA) is 23.6 Å². The molecule has 0 atom stereocenters. The van der Waals surface area contributed by atoms with Crippen LogP contribution in [0.15, 0.2) is 71.1 Å². The summed E-state index contributed by atoms with van der Waals surface area (Å²) < 4.78 is 14.2. The Morgan fingerprint density at radius 3 is 2.19 bits per heavy atom. The number of hydrogen-bond donors (Lipinski definition) is 0. The normalized spacial score (nSPS) is 17.5. The molecule has 5 heteroatoms. The quantitative estimate of drug-likeness (QED) is 0.325. The summed E-state index contributed by atoms with van der Waals surface area (Å²) in [4.78, 5) is 19.2.